The van der Waals surface area contributed by atoms with Crippen LogP contribution in [0.5, 0.6) is 0 Å². The molecule has 4 amide bonds. The van der Waals surface area contributed by atoms with Crippen molar-refractivity contribution in [3.8, 4) is 0 Å². The molecule has 0 unspecified atom stereocenters. The summed E-state index contributed by atoms with van der Waals surface area (Å²) in [7, 11) is 0. The summed E-state index contributed by atoms with van der Waals surface area (Å²) in [4.78, 5) is 68.4. The fourth-order valence-corrected chi connectivity index (χ4v) is 7.03. The van der Waals surface area contributed by atoms with Gasteiger partial charge in [0.1, 0.15) is 12.1 Å². The highest BCUT2D eigenvalue weighted by Crippen LogP contribution is 2.65. The zero-order valence-corrected chi connectivity index (χ0v) is 25.8. The summed E-state index contributed by atoms with van der Waals surface area (Å²) in [5, 5.41) is 8.53. The minimum atomic E-state index is -0.948. The molecule has 0 aromatic rings. The number of piperidine rings is 1. The molecule has 4 aliphatic rings. The zero-order valence-electron chi connectivity index (χ0n) is 25.8. The molecule has 4 rings (SSSR count). The first-order valence-electron chi connectivity index (χ1n) is 15.7. The Labute approximate surface area is 244 Å². The average molecular weight is 574 g/mol. The number of nitrogens with zero attached hydrogens (tertiary/aromatic N) is 1. The van der Waals surface area contributed by atoms with Crippen molar-refractivity contribution in [2.45, 2.75) is 130 Å². The lowest BCUT2D eigenvalue weighted by atomic mass is 9.82. The molecule has 10 nitrogen and oxygen atoms in total. The quantitative estimate of drug-likeness (QED) is 0.278. The molecule has 1 aliphatic heterocycles. The lowest BCUT2D eigenvalue weighted by Crippen LogP contribution is -2.62. The first kappa shape index (κ1) is 31.4. The van der Waals surface area contributed by atoms with Crippen molar-refractivity contribution in [2.24, 2.45) is 34.3 Å². The van der Waals surface area contributed by atoms with Gasteiger partial charge < -0.3 is 26.6 Å². The van der Waals surface area contributed by atoms with Gasteiger partial charge in [0.2, 0.25) is 23.5 Å². The van der Waals surface area contributed by atoms with Gasteiger partial charge in [0.25, 0.3) is 5.91 Å². The van der Waals surface area contributed by atoms with Gasteiger partial charge in [-0.2, -0.15) is 0 Å². The van der Waals surface area contributed by atoms with E-state index in [1.807, 2.05) is 27.7 Å². The molecular formula is C31H51N5O5. The Morgan fingerprint density at radius 3 is 2.17 bits per heavy atom. The number of amides is 4. The highest BCUT2D eigenvalue weighted by atomic mass is 16.2. The van der Waals surface area contributed by atoms with Crippen molar-refractivity contribution in [3.63, 3.8) is 0 Å². The van der Waals surface area contributed by atoms with Crippen LogP contribution in [-0.2, 0) is 24.0 Å². The van der Waals surface area contributed by atoms with Gasteiger partial charge in [-0.3, -0.25) is 24.0 Å². The van der Waals surface area contributed by atoms with Crippen molar-refractivity contribution in [3.05, 3.63) is 0 Å². The lowest BCUT2D eigenvalue weighted by Gasteiger charge is -2.38. The molecule has 3 saturated carbocycles. The van der Waals surface area contributed by atoms with Crippen LogP contribution < -0.4 is 21.7 Å². The second-order valence-corrected chi connectivity index (χ2v) is 14.6. The predicted octanol–water partition coefficient (Wildman–Crippen LogP) is 2.04. The molecule has 0 aromatic heterocycles. The minimum absolute atomic E-state index is 0.0381. The van der Waals surface area contributed by atoms with E-state index in [-0.39, 0.29) is 41.0 Å². The smallest absolute Gasteiger partial charge is 0.289 e. The van der Waals surface area contributed by atoms with Crippen LogP contribution in [0.15, 0.2) is 0 Å². The number of carbonyl (C=O) groups is 5. The first-order chi connectivity index (χ1) is 19.2. The molecule has 0 radical (unpaired) electrons. The topological polar surface area (TPSA) is 151 Å². The minimum Gasteiger partial charge on any atom is -0.347 e. The fourth-order valence-electron chi connectivity index (χ4n) is 7.03. The second kappa shape index (κ2) is 12.0. The highest BCUT2D eigenvalue weighted by molar-refractivity contribution is 6.38. The standard InChI is InChI=1S/C31H51N5O5/c1-7-11-20(24(37)28(40)33-18-14-15-18)34-27(39)23-21-19(31(21,5)6)16-36(23)29(41)25(30(2,3)4)35-26(38)22(32)17-12-9-8-10-13-17/h17-23,25H,7-16,32H2,1-6H3,(H,33,40)(H,34,39)(H,35,38)/t19-,20-,21-,22-,23-,25+/m0/s1. The molecule has 3 aliphatic carbocycles. The van der Waals surface area contributed by atoms with E-state index in [2.05, 4.69) is 29.8 Å². The maximum absolute atomic E-state index is 14.2. The van der Waals surface area contributed by atoms with Gasteiger partial charge >= 0.3 is 0 Å². The van der Waals surface area contributed by atoms with E-state index in [9.17, 15) is 24.0 Å². The number of nitrogens with one attached hydrogen (secondary N) is 3. The number of ketones is 1. The Hall–Kier alpha value is -2.49. The van der Waals surface area contributed by atoms with Crippen molar-refractivity contribution >= 4 is 29.4 Å². The van der Waals surface area contributed by atoms with Crippen LogP contribution in [0.1, 0.15) is 99.3 Å². The van der Waals surface area contributed by atoms with Crippen LogP contribution in [0.25, 0.3) is 0 Å². The monoisotopic (exact) mass is 573 g/mol. The van der Waals surface area contributed by atoms with Gasteiger partial charge in [-0.15, -0.1) is 0 Å². The van der Waals surface area contributed by atoms with Crippen LogP contribution in [0, 0.1) is 28.6 Å². The molecular weight excluding hydrogens is 522 g/mol. The van der Waals surface area contributed by atoms with E-state index in [4.69, 9.17) is 5.73 Å². The number of Topliss-reactive ketones (excluding diaryl/α,β-unsaturated/α-hetero) is 1. The Balaban J connectivity index is 1.51. The molecule has 0 aromatic carbocycles. The van der Waals surface area contributed by atoms with Crippen molar-refractivity contribution in [1.29, 1.82) is 0 Å². The van der Waals surface area contributed by atoms with Gasteiger partial charge in [-0.25, -0.2) is 0 Å². The van der Waals surface area contributed by atoms with Gasteiger partial charge in [0, 0.05) is 12.6 Å². The molecule has 0 bridgehead atoms. The van der Waals surface area contributed by atoms with Crippen LogP contribution in [0.2, 0.25) is 0 Å². The summed E-state index contributed by atoms with van der Waals surface area (Å²) in [6.45, 7) is 12.2. The number of likely N-dealkylation sites (tertiary alicyclic amines) is 1. The van der Waals surface area contributed by atoms with Gasteiger partial charge in [-0.1, -0.05) is 67.2 Å². The van der Waals surface area contributed by atoms with Gasteiger partial charge in [-0.05, 0) is 60.7 Å². The number of rotatable bonds is 11. The Morgan fingerprint density at radius 1 is 0.976 bits per heavy atom. The number of fused-ring (bicyclic) bond motifs is 1. The molecule has 6 atom stereocenters. The maximum Gasteiger partial charge on any atom is 0.289 e. The molecule has 41 heavy (non-hydrogen) atoms. The van der Waals surface area contributed by atoms with Crippen molar-refractivity contribution < 1.29 is 24.0 Å². The zero-order chi connectivity index (χ0) is 30.3. The third kappa shape index (κ3) is 6.78. The molecule has 1 heterocycles. The summed E-state index contributed by atoms with van der Waals surface area (Å²) in [6, 6.07) is -3.24. The number of hydrogen-bond donors (Lipinski definition) is 4. The largest absolute Gasteiger partial charge is 0.347 e. The van der Waals surface area contributed by atoms with E-state index in [0.29, 0.717) is 19.4 Å². The summed E-state index contributed by atoms with van der Waals surface area (Å²) in [5.41, 5.74) is 5.63. The Bertz CT molecular complexity index is 1040. The third-order valence-corrected chi connectivity index (χ3v) is 9.97. The molecule has 5 N–H and O–H groups in total. The van der Waals surface area contributed by atoms with Crippen LogP contribution in [0.3, 0.4) is 0 Å². The highest BCUT2D eigenvalue weighted by Gasteiger charge is 2.70. The van der Waals surface area contributed by atoms with Crippen molar-refractivity contribution in [2.75, 3.05) is 6.54 Å². The lowest BCUT2D eigenvalue weighted by molar-refractivity contribution is -0.147. The third-order valence-electron chi connectivity index (χ3n) is 9.97. The molecule has 230 valence electrons. The normalized spacial score (nSPS) is 27.7. The molecule has 10 heteroatoms. The summed E-state index contributed by atoms with van der Waals surface area (Å²) < 4.78 is 0. The number of carbonyl (C=O) groups excluding carboxylic acids is 5. The van der Waals surface area contributed by atoms with Crippen LogP contribution in [-0.4, -0.2) is 71.1 Å². The first-order valence-corrected chi connectivity index (χ1v) is 15.7. The molecule has 4 fully saturated rings. The van der Waals surface area contributed by atoms with E-state index in [0.717, 1.165) is 44.9 Å². The summed E-state index contributed by atoms with van der Waals surface area (Å²) >= 11 is 0. The van der Waals surface area contributed by atoms with E-state index in [1.165, 1.54) is 0 Å². The molecule has 0 spiro atoms. The summed E-state index contributed by atoms with van der Waals surface area (Å²) in [5.74, 6) is -2.19. The van der Waals surface area contributed by atoms with Crippen molar-refractivity contribution in [1.82, 2.24) is 20.9 Å². The molecule has 1 saturated heterocycles. The van der Waals surface area contributed by atoms with E-state index >= 15 is 0 Å². The number of hydrogen-bond acceptors (Lipinski definition) is 6. The fraction of sp³-hybridized carbons (Fsp3) is 0.839. The second-order valence-electron chi connectivity index (χ2n) is 14.6. The predicted molar refractivity (Wildman–Crippen MR) is 155 cm³/mol. The van der Waals surface area contributed by atoms with E-state index < -0.39 is 47.2 Å². The van der Waals surface area contributed by atoms with Crippen LogP contribution >= 0.6 is 0 Å². The summed E-state index contributed by atoms with van der Waals surface area (Å²) in [6.07, 6.45) is 7.74. The van der Waals surface area contributed by atoms with Gasteiger partial charge in [0.05, 0.1) is 12.1 Å². The van der Waals surface area contributed by atoms with Crippen LogP contribution in [0.4, 0.5) is 0 Å². The SMILES string of the molecule is CCC[C@H](NC(=O)[C@@H]1[C@@H]2[C@H](CN1C(=O)[C@@H](NC(=O)[C@@H](N)C1CCCCC1)C(C)(C)C)C2(C)C)C(=O)C(=O)NC1CC1. The maximum atomic E-state index is 14.2. The average Bonchev–Trinajstić information content (AvgIpc) is 3.77. The van der Waals surface area contributed by atoms with E-state index in [1.54, 1.807) is 4.90 Å². The Morgan fingerprint density at radius 2 is 1.61 bits per heavy atom. The number of nitrogens with two attached hydrogens (primary N) is 1. The van der Waals surface area contributed by atoms with Gasteiger partial charge in [0.15, 0.2) is 0 Å². The Kier molecular flexibility index (Phi) is 9.21.